The molecule has 21 heavy (non-hydrogen) atoms. The van der Waals surface area contributed by atoms with E-state index in [2.05, 4.69) is 24.4 Å². The summed E-state index contributed by atoms with van der Waals surface area (Å²) in [5.41, 5.74) is 7.94. The van der Waals surface area contributed by atoms with Crippen LogP contribution in [-0.4, -0.2) is 18.3 Å². The normalized spacial score (nSPS) is 12.3. The first-order valence-corrected chi connectivity index (χ1v) is 7.51. The Balaban J connectivity index is 2.48. The van der Waals surface area contributed by atoms with Crippen LogP contribution >= 0.6 is 0 Å². The fourth-order valence-electron chi connectivity index (χ4n) is 1.96. The molecule has 0 aliphatic rings. The van der Waals surface area contributed by atoms with E-state index in [1.807, 2.05) is 24.3 Å². The molecule has 0 spiro atoms. The molecule has 5 nitrogen and oxygen atoms in total. The molecule has 1 aromatic carbocycles. The van der Waals surface area contributed by atoms with Gasteiger partial charge in [-0.3, -0.25) is 0 Å². The van der Waals surface area contributed by atoms with E-state index in [0.717, 1.165) is 24.2 Å². The number of amides is 2. The highest BCUT2D eigenvalue weighted by atomic mass is 16.5. The summed E-state index contributed by atoms with van der Waals surface area (Å²) in [4.78, 5) is 10.5. The molecule has 3 N–H and O–H groups in total. The zero-order valence-corrected chi connectivity index (χ0v) is 12.8. The fourth-order valence-corrected chi connectivity index (χ4v) is 1.96. The first kappa shape index (κ1) is 17.0. The molecule has 0 aliphatic heterocycles. The number of nitrogens with two attached hydrogens (primary N) is 1. The molecule has 0 saturated carbocycles. The number of nitrogens with one attached hydrogen (secondary N) is 1. The number of carbonyl (C=O) groups is 1. The predicted molar refractivity (Wildman–Crippen MR) is 85.6 cm³/mol. The number of rotatable bonds is 9. The van der Waals surface area contributed by atoms with Gasteiger partial charge in [-0.1, -0.05) is 26.7 Å². The fraction of sp³-hybridized carbons (Fsp3) is 0.500. The van der Waals surface area contributed by atoms with Crippen LogP contribution in [0.2, 0.25) is 0 Å². The van der Waals surface area contributed by atoms with E-state index in [4.69, 9.17) is 10.5 Å². The van der Waals surface area contributed by atoms with Crippen LogP contribution in [0.1, 0.15) is 51.5 Å². The van der Waals surface area contributed by atoms with Gasteiger partial charge in [0.15, 0.2) is 0 Å². The lowest BCUT2D eigenvalue weighted by atomic mass is 10.1. The number of carbonyl (C=O) groups excluding carboxylic acids is 1. The summed E-state index contributed by atoms with van der Waals surface area (Å²) >= 11 is 0. The van der Waals surface area contributed by atoms with Gasteiger partial charge in [0.25, 0.3) is 0 Å². The summed E-state index contributed by atoms with van der Waals surface area (Å²) < 4.78 is 5.97. The van der Waals surface area contributed by atoms with Crippen LogP contribution in [0.15, 0.2) is 29.4 Å². The van der Waals surface area contributed by atoms with Crippen LogP contribution in [0.3, 0.4) is 0 Å². The average Bonchev–Trinajstić information content (AvgIpc) is 2.47. The smallest absolute Gasteiger partial charge is 0.332 e. The van der Waals surface area contributed by atoms with Crippen molar-refractivity contribution in [2.75, 3.05) is 0 Å². The molecule has 1 atom stereocenters. The quantitative estimate of drug-likeness (QED) is 0.415. The highest BCUT2D eigenvalue weighted by Crippen LogP contribution is 2.17. The number of primary amides is 1. The van der Waals surface area contributed by atoms with E-state index in [1.165, 1.54) is 25.5 Å². The molecule has 1 unspecified atom stereocenters. The highest BCUT2D eigenvalue weighted by Gasteiger charge is 2.07. The summed E-state index contributed by atoms with van der Waals surface area (Å²) in [6, 6.07) is 6.92. The summed E-state index contributed by atoms with van der Waals surface area (Å²) in [5, 5.41) is 3.71. The molecule has 1 rings (SSSR count). The number of unbranched alkanes of at least 4 members (excludes halogenated alkanes) is 2. The Morgan fingerprint density at radius 1 is 1.33 bits per heavy atom. The predicted octanol–water partition coefficient (Wildman–Crippen LogP) is 3.43. The molecule has 0 radical (unpaired) electrons. The second-order valence-corrected chi connectivity index (χ2v) is 4.95. The highest BCUT2D eigenvalue weighted by molar-refractivity contribution is 5.81. The van der Waals surface area contributed by atoms with Gasteiger partial charge in [0.1, 0.15) is 5.75 Å². The Morgan fingerprint density at radius 3 is 2.62 bits per heavy atom. The van der Waals surface area contributed by atoms with Crippen molar-refractivity contribution in [1.29, 1.82) is 0 Å². The van der Waals surface area contributed by atoms with Gasteiger partial charge in [-0.05, 0) is 49.1 Å². The number of hydrogen-bond acceptors (Lipinski definition) is 3. The van der Waals surface area contributed by atoms with E-state index >= 15 is 0 Å². The molecule has 2 amide bonds. The molecule has 5 heteroatoms. The maximum atomic E-state index is 10.5. The van der Waals surface area contributed by atoms with Crippen molar-refractivity contribution >= 4 is 12.2 Å². The van der Waals surface area contributed by atoms with Crippen molar-refractivity contribution in [1.82, 2.24) is 5.43 Å². The van der Waals surface area contributed by atoms with Crippen LogP contribution in [0, 0.1) is 0 Å². The number of ether oxygens (including phenoxy) is 1. The van der Waals surface area contributed by atoms with Crippen LogP contribution in [-0.2, 0) is 0 Å². The van der Waals surface area contributed by atoms with Crippen molar-refractivity contribution in [3.63, 3.8) is 0 Å². The van der Waals surface area contributed by atoms with Crippen LogP contribution in [0.5, 0.6) is 5.75 Å². The van der Waals surface area contributed by atoms with Gasteiger partial charge in [0.2, 0.25) is 0 Å². The molecular weight excluding hydrogens is 266 g/mol. The number of nitrogens with zero attached hydrogens (tertiary/aromatic N) is 1. The standard InChI is InChI=1S/C16H25N3O2/c1-3-5-6-7-14(4-2)21-15-10-8-13(9-11-15)12-18-19-16(17)20/h8-12,14H,3-7H2,1-2H3,(H3,17,19,20). The second kappa shape index (κ2) is 9.80. The Morgan fingerprint density at radius 2 is 2.05 bits per heavy atom. The molecule has 0 aromatic heterocycles. The third-order valence-electron chi connectivity index (χ3n) is 3.16. The van der Waals surface area contributed by atoms with Gasteiger partial charge >= 0.3 is 6.03 Å². The van der Waals surface area contributed by atoms with Gasteiger partial charge in [0.05, 0.1) is 12.3 Å². The molecular formula is C16H25N3O2. The Kier molecular flexibility index (Phi) is 7.94. The lowest BCUT2D eigenvalue weighted by molar-refractivity contribution is 0.183. The maximum Gasteiger partial charge on any atom is 0.332 e. The Bertz CT molecular complexity index is 443. The Hall–Kier alpha value is -2.04. The van der Waals surface area contributed by atoms with Crippen LogP contribution < -0.4 is 15.9 Å². The molecule has 0 heterocycles. The summed E-state index contributed by atoms with van der Waals surface area (Å²) in [6.07, 6.45) is 7.59. The van der Waals surface area contributed by atoms with Crippen LogP contribution in [0.25, 0.3) is 0 Å². The largest absolute Gasteiger partial charge is 0.490 e. The van der Waals surface area contributed by atoms with Gasteiger partial charge < -0.3 is 10.5 Å². The zero-order valence-electron chi connectivity index (χ0n) is 12.8. The second-order valence-electron chi connectivity index (χ2n) is 4.95. The SMILES string of the molecule is CCCCCC(CC)Oc1ccc(C=NNC(N)=O)cc1. The molecule has 0 saturated heterocycles. The van der Waals surface area contributed by atoms with Gasteiger partial charge in [-0.15, -0.1) is 0 Å². The van der Waals surface area contributed by atoms with Gasteiger partial charge in [-0.25, -0.2) is 10.2 Å². The number of hydrogen-bond donors (Lipinski definition) is 2. The minimum absolute atomic E-state index is 0.271. The molecule has 1 aromatic rings. The lowest BCUT2D eigenvalue weighted by Gasteiger charge is -2.17. The number of hydrazone groups is 1. The molecule has 116 valence electrons. The topological polar surface area (TPSA) is 76.7 Å². The monoisotopic (exact) mass is 291 g/mol. The minimum Gasteiger partial charge on any atom is -0.490 e. The van der Waals surface area contributed by atoms with Crippen molar-refractivity contribution in [2.45, 2.75) is 52.1 Å². The van der Waals surface area contributed by atoms with E-state index in [9.17, 15) is 4.79 Å². The summed E-state index contributed by atoms with van der Waals surface area (Å²) in [7, 11) is 0. The van der Waals surface area contributed by atoms with Gasteiger partial charge in [-0.2, -0.15) is 5.10 Å². The van der Waals surface area contributed by atoms with Crippen molar-refractivity contribution in [2.24, 2.45) is 10.8 Å². The van der Waals surface area contributed by atoms with E-state index in [0.29, 0.717) is 0 Å². The van der Waals surface area contributed by atoms with E-state index in [1.54, 1.807) is 0 Å². The maximum absolute atomic E-state index is 10.5. The molecule has 0 bridgehead atoms. The number of benzene rings is 1. The first-order chi connectivity index (χ1) is 10.2. The zero-order chi connectivity index (χ0) is 15.5. The Labute approximate surface area is 126 Å². The van der Waals surface area contributed by atoms with E-state index in [-0.39, 0.29) is 6.10 Å². The lowest BCUT2D eigenvalue weighted by Crippen LogP contribution is -2.24. The minimum atomic E-state index is -0.677. The van der Waals surface area contributed by atoms with Crippen molar-refractivity contribution in [3.05, 3.63) is 29.8 Å². The van der Waals surface area contributed by atoms with Crippen molar-refractivity contribution in [3.8, 4) is 5.75 Å². The first-order valence-electron chi connectivity index (χ1n) is 7.51. The summed E-state index contributed by atoms with van der Waals surface area (Å²) in [5.74, 6) is 0.860. The van der Waals surface area contributed by atoms with Gasteiger partial charge in [0, 0.05) is 0 Å². The van der Waals surface area contributed by atoms with E-state index < -0.39 is 6.03 Å². The molecule has 0 fully saturated rings. The summed E-state index contributed by atoms with van der Waals surface area (Å²) in [6.45, 7) is 4.35. The van der Waals surface area contributed by atoms with Crippen LogP contribution in [0.4, 0.5) is 4.79 Å². The average molecular weight is 291 g/mol. The number of urea groups is 1. The molecule has 0 aliphatic carbocycles. The van der Waals surface area contributed by atoms with Crippen molar-refractivity contribution < 1.29 is 9.53 Å². The third-order valence-corrected chi connectivity index (χ3v) is 3.16. The third kappa shape index (κ3) is 7.34.